The van der Waals surface area contributed by atoms with E-state index in [0.717, 1.165) is 4.90 Å². The van der Waals surface area contributed by atoms with E-state index < -0.39 is 36.5 Å². The van der Waals surface area contributed by atoms with Gasteiger partial charge in [-0.2, -0.15) is 10.1 Å². The summed E-state index contributed by atoms with van der Waals surface area (Å²) in [6.45, 7) is 6.71. The maximum Gasteiger partial charge on any atom is 0.266 e. The van der Waals surface area contributed by atoms with Crippen molar-refractivity contribution in [1.29, 1.82) is 0 Å². The maximum absolute atomic E-state index is 14.5. The van der Waals surface area contributed by atoms with E-state index in [-0.39, 0.29) is 12.1 Å². The van der Waals surface area contributed by atoms with Crippen molar-refractivity contribution in [2.24, 2.45) is 0 Å². The minimum Gasteiger partial charge on any atom is -0.332 e. The molecule has 1 aromatic carbocycles. The molecule has 4 rings (SSSR count). The normalized spacial score (nSPS) is 18.1. The molecule has 30 heavy (non-hydrogen) atoms. The molecule has 3 aromatic rings. The smallest absolute Gasteiger partial charge is 0.266 e. The van der Waals surface area contributed by atoms with Gasteiger partial charge in [0.25, 0.3) is 17.6 Å². The molecule has 6 nitrogen and oxygen atoms in total. The fourth-order valence-electron chi connectivity index (χ4n) is 3.66. The summed E-state index contributed by atoms with van der Waals surface area (Å²) < 4.78 is 44.0. The molecule has 9 heteroatoms. The van der Waals surface area contributed by atoms with Gasteiger partial charge in [0.2, 0.25) is 0 Å². The molecule has 1 aliphatic rings. The Balaban J connectivity index is 0.00000124. The van der Waals surface area contributed by atoms with E-state index in [2.05, 4.69) is 15.1 Å². The molecule has 0 radical (unpaired) electrons. The van der Waals surface area contributed by atoms with Crippen molar-refractivity contribution in [1.82, 2.24) is 24.5 Å². The molecule has 1 aliphatic heterocycles. The predicted molar refractivity (Wildman–Crippen MR) is 106 cm³/mol. The number of hydrogen-bond acceptors (Lipinski definition) is 4. The van der Waals surface area contributed by atoms with Gasteiger partial charge in [-0.15, -0.1) is 0 Å². The average Bonchev–Trinajstić information content (AvgIpc) is 3.17. The van der Waals surface area contributed by atoms with Crippen molar-refractivity contribution in [3.05, 3.63) is 58.9 Å². The fourth-order valence-corrected chi connectivity index (χ4v) is 3.66. The molecule has 0 spiro atoms. The number of aromatic nitrogens is 4. The van der Waals surface area contributed by atoms with Crippen LogP contribution in [0.3, 0.4) is 0 Å². The number of aryl methyl sites for hydroxylation is 2. The van der Waals surface area contributed by atoms with Crippen LogP contribution in [0.15, 0.2) is 30.6 Å². The zero-order chi connectivity index (χ0) is 22.1. The zero-order valence-corrected chi connectivity index (χ0v) is 17.4. The number of piperidine rings is 1. The van der Waals surface area contributed by atoms with Crippen LogP contribution < -0.4 is 0 Å². The minimum atomic E-state index is -3.06. The van der Waals surface area contributed by atoms with Crippen molar-refractivity contribution >= 4 is 11.7 Å². The van der Waals surface area contributed by atoms with E-state index in [1.165, 1.54) is 36.0 Å². The molecular formula is C21H24F3N5O. The summed E-state index contributed by atoms with van der Waals surface area (Å²) >= 11 is 0. The molecule has 1 fully saturated rings. The molecule has 1 saturated heterocycles. The van der Waals surface area contributed by atoms with Gasteiger partial charge >= 0.3 is 0 Å². The minimum absolute atomic E-state index is 0.100. The van der Waals surface area contributed by atoms with Crippen molar-refractivity contribution in [2.45, 2.75) is 46.0 Å². The van der Waals surface area contributed by atoms with Gasteiger partial charge in [-0.3, -0.25) is 4.79 Å². The van der Waals surface area contributed by atoms with Gasteiger partial charge in [0.1, 0.15) is 12.1 Å². The first kappa shape index (κ1) is 21.7. The number of likely N-dealkylation sites (tertiary alicyclic amines) is 1. The molecule has 0 bridgehead atoms. The van der Waals surface area contributed by atoms with Crippen molar-refractivity contribution < 1.29 is 18.0 Å². The molecule has 160 valence electrons. The van der Waals surface area contributed by atoms with Gasteiger partial charge in [-0.25, -0.2) is 22.7 Å². The highest BCUT2D eigenvalue weighted by molar-refractivity contribution is 5.94. The lowest BCUT2D eigenvalue weighted by Crippen LogP contribution is -2.49. The molecule has 0 aliphatic carbocycles. The fraction of sp³-hybridized carbons (Fsp3) is 0.429. The van der Waals surface area contributed by atoms with Gasteiger partial charge in [0, 0.05) is 30.1 Å². The molecular weight excluding hydrogens is 395 g/mol. The first-order valence-electron chi connectivity index (χ1n) is 9.84. The molecule has 3 heterocycles. The van der Waals surface area contributed by atoms with Gasteiger partial charge in [0.15, 0.2) is 0 Å². The monoisotopic (exact) mass is 419 g/mol. The van der Waals surface area contributed by atoms with Gasteiger partial charge in [0.05, 0.1) is 12.2 Å². The highest BCUT2D eigenvalue weighted by atomic mass is 19.3. The first-order chi connectivity index (χ1) is 14.2. The van der Waals surface area contributed by atoms with E-state index in [9.17, 15) is 18.0 Å². The maximum atomic E-state index is 14.5. The average molecular weight is 419 g/mol. The quantitative estimate of drug-likeness (QED) is 0.625. The SMILES string of the molecule is CC.Cc1cc(C2CN(C(=O)c3ccc(F)c(C)c3)CC(F)(F)C2)n2ncnc2n1. The predicted octanol–water partition coefficient (Wildman–Crippen LogP) is 4.17. The Bertz CT molecular complexity index is 1070. The summed E-state index contributed by atoms with van der Waals surface area (Å²) in [6.07, 6.45) is 0.911. The second-order valence-corrected chi connectivity index (χ2v) is 7.20. The topological polar surface area (TPSA) is 63.4 Å². The summed E-state index contributed by atoms with van der Waals surface area (Å²) in [5.41, 5.74) is 1.65. The Labute approximate surface area is 172 Å². The number of nitrogens with zero attached hydrogens (tertiary/aromatic N) is 5. The summed E-state index contributed by atoms with van der Waals surface area (Å²) in [5, 5.41) is 4.09. The number of fused-ring (bicyclic) bond motifs is 1. The summed E-state index contributed by atoms with van der Waals surface area (Å²) in [7, 11) is 0. The number of carbonyl (C=O) groups excluding carboxylic acids is 1. The Morgan fingerprint density at radius 3 is 2.63 bits per heavy atom. The number of carbonyl (C=O) groups is 1. The Morgan fingerprint density at radius 2 is 1.93 bits per heavy atom. The Hall–Kier alpha value is -2.97. The molecule has 1 amide bonds. The van der Waals surface area contributed by atoms with Crippen LogP contribution in [-0.4, -0.2) is 49.4 Å². The highest BCUT2D eigenvalue weighted by Gasteiger charge is 2.43. The Kier molecular flexibility index (Phi) is 6.09. The van der Waals surface area contributed by atoms with E-state index in [0.29, 0.717) is 22.7 Å². The van der Waals surface area contributed by atoms with E-state index in [4.69, 9.17) is 0 Å². The van der Waals surface area contributed by atoms with Crippen LogP contribution in [0.1, 0.15) is 53.5 Å². The van der Waals surface area contributed by atoms with Crippen LogP contribution in [0.2, 0.25) is 0 Å². The van der Waals surface area contributed by atoms with E-state index in [1.54, 1.807) is 13.0 Å². The van der Waals surface area contributed by atoms with Crippen LogP contribution >= 0.6 is 0 Å². The summed E-state index contributed by atoms with van der Waals surface area (Å²) in [6, 6.07) is 5.57. The van der Waals surface area contributed by atoms with Crippen LogP contribution in [0.4, 0.5) is 13.2 Å². The first-order valence-corrected chi connectivity index (χ1v) is 9.84. The number of halogens is 3. The molecule has 2 aromatic heterocycles. The zero-order valence-electron chi connectivity index (χ0n) is 17.4. The van der Waals surface area contributed by atoms with Crippen LogP contribution in [0, 0.1) is 19.7 Å². The summed E-state index contributed by atoms with van der Waals surface area (Å²) in [4.78, 5) is 22.2. The lowest BCUT2D eigenvalue weighted by atomic mass is 9.91. The van der Waals surface area contributed by atoms with Crippen molar-refractivity contribution in [3.8, 4) is 0 Å². The molecule has 0 saturated carbocycles. The Morgan fingerprint density at radius 1 is 1.20 bits per heavy atom. The summed E-state index contributed by atoms with van der Waals surface area (Å²) in [5.74, 6) is -4.36. The molecule has 0 N–H and O–H groups in total. The third-order valence-corrected chi connectivity index (χ3v) is 4.93. The largest absolute Gasteiger partial charge is 0.332 e. The van der Waals surface area contributed by atoms with E-state index in [1.807, 2.05) is 13.8 Å². The van der Waals surface area contributed by atoms with E-state index >= 15 is 0 Å². The second-order valence-electron chi connectivity index (χ2n) is 7.20. The third kappa shape index (κ3) is 4.29. The number of amides is 1. The van der Waals surface area contributed by atoms with Crippen LogP contribution in [0.5, 0.6) is 0 Å². The standard InChI is InChI=1S/C19H18F3N5O.C2H6/c1-11-5-13(3-4-15(11)20)17(28)26-8-14(7-19(21,22)9-26)16-6-12(2)25-18-23-10-24-27(16)18;1-2/h3-6,10,14H,7-9H2,1-2H3;1-2H3. The van der Waals surface area contributed by atoms with Gasteiger partial charge in [-0.1, -0.05) is 13.8 Å². The number of rotatable bonds is 2. The van der Waals surface area contributed by atoms with Crippen molar-refractivity contribution in [2.75, 3.05) is 13.1 Å². The van der Waals surface area contributed by atoms with Crippen molar-refractivity contribution in [3.63, 3.8) is 0 Å². The highest BCUT2D eigenvalue weighted by Crippen LogP contribution is 2.36. The van der Waals surface area contributed by atoms with Gasteiger partial charge in [-0.05, 0) is 43.7 Å². The number of hydrogen-bond donors (Lipinski definition) is 0. The lowest BCUT2D eigenvalue weighted by Gasteiger charge is -2.37. The molecule has 1 unspecified atom stereocenters. The molecule has 1 atom stereocenters. The lowest BCUT2D eigenvalue weighted by molar-refractivity contribution is -0.0641. The second kappa shape index (κ2) is 8.41. The number of benzene rings is 1. The van der Waals surface area contributed by atoms with Gasteiger partial charge < -0.3 is 4.90 Å². The van der Waals surface area contributed by atoms with Crippen LogP contribution in [-0.2, 0) is 0 Å². The number of alkyl halides is 2. The third-order valence-electron chi connectivity index (χ3n) is 4.93. The van der Waals surface area contributed by atoms with Crippen LogP contribution in [0.25, 0.3) is 5.78 Å².